The van der Waals surface area contributed by atoms with Gasteiger partial charge in [0.1, 0.15) is 6.04 Å². The zero-order valence-electron chi connectivity index (χ0n) is 12.8. The number of carboxylic acids is 1. The molecule has 3 atom stereocenters. The Bertz CT molecular complexity index is 408. The number of carboxylic acid groups (broad SMARTS) is 1. The molecule has 1 N–H and O–H groups in total. The third-order valence-electron chi connectivity index (χ3n) is 4.70. The van der Waals surface area contributed by atoms with Crippen molar-refractivity contribution in [2.45, 2.75) is 58.4 Å². The Kier molecular flexibility index (Phi) is 4.38. The van der Waals surface area contributed by atoms with Crippen molar-refractivity contribution in [1.82, 2.24) is 4.90 Å². The van der Waals surface area contributed by atoms with E-state index in [0.717, 1.165) is 19.3 Å². The Balaban J connectivity index is 2.25. The summed E-state index contributed by atoms with van der Waals surface area (Å²) in [5.41, 5.74) is -0.00504. The van der Waals surface area contributed by atoms with E-state index in [2.05, 4.69) is 27.7 Å². The van der Waals surface area contributed by atoms with E-state index in [4.69, 9.17) is 0 Å². The van der Waals surface area contributed by atoms with E-state index < -0.39 is 12.0 Å². The first-order chi connectivity index (χ1) is 9.25. The van der Waals surface area contributed by atoms with Crippen LogP contribution in [0.15, 0.2) is 0 Å². The monoisotopic (exact) mass is 299 g/mol. The summed E-state index contributed by atoms with van der Waals surface area (Å²) < 4.78 is 0. The molecule has 3 unspecified atom stereocenters. The van der Waals surface area contributed by atoms with Crippen molar-refractivity contribution < 1.29 is 14.7 Å². The standard InChI is InChI=1S/C15H25NO3S/c1-9(2)13-16(11(8-20-13)14(18)19)12(17)10-6-5-7-15(10,3)4/h9-11,13H,5-8H2,1-4H3,(H,18,19). The van der Waals surface area contributed by atoms with E-state index in [1.807, 2.05) is 0 Å². The Labute approximate surface area is 125 Å². The average molecular weight is 299 g/mol. The maximum absolute atomic E-state index is 12.9. The van der Waals surface area contributed by atoms with Crippen LogP contribution in [0.25, 0.3) is 0 Å². The molecule has 1 amide bonds. The van der Waals surface area contributed by atoms with Crippen molar-refractivity contribution in [3.8, 4) is 0 Å². The molecule has 0 aromatic rings. The van der Waals surface area contributed by atoms with Gasteiger partial charge in [-0.25, -0.2) is 4.79 Å². The van der Waals surface area contributed by atoms with Crippen LogP contribution in [0.1, 0.15) is 47.0 Å². The molecule has 20 heavy (non-hydrogen) atoms. The van der Waals surface area contributed by atoms with Crippen molar-refractivity contribution in [3.63, 3.8) is 0 Å². The smallest absolute Gasteiger partial charge is 0.327 e. The fourth-order valence-electron chi connectivity index (χ4n) is 3.48. The molecule has 114 valence electrons. The molecule has 0 radical (unpaired) electrons. The minimum absolute atomic E-state index is 0. The predicted octanol–water partition coefficient (Wildman–Crippen LogP) is 2.82. The molecular weight excluding hydrogens is 274 g/mol. The number of rotatable bonds is 3. The van der Waals surface area contributed by atoms with Crippen LogP contribution in [0.2, 0.25) is 0 Å². The van der Waals surface area contributed by atoms with E-state index in [-0.39, 0.29) is 28.5 Å². The van der Waals surface area contributed by atoms with Gasteiger partial charge in [-0.3, -0.25) is 4.79 Å². The Morgan fingerprint density at radius 2 is 2.00 bits per heavy atom. The fourth-order valence-corrected chi connectivity index (χ4v) is 4.95. The Hall–Kier alpha value is -0.710. The lowest BCUT2D eigenvalue weighted by atomic mass is 9.80. The lowest BCUT2D eigenvalue weighted by Crippen LogP contribution is -2.50. The van der Waals surface area contributed by atoms with Gasteiger partial charge < -0.3 is 10.0 Å². The SMILES string of the molecule is CC(C)C1SCC(C(=O)O)N1C(=O)C1CCCC1(C)C. The summed E-state index contributed by atoms with van der Waals surface area (Å²) in [7, 11) is 0. The van der Waals surface area contributed by atoms with E-state index in [9.17, 15) is 14.7 Å². The fraction of sp³-hybridized carbons (Fsp3) is 0.867. The molecular formula is C15H25NO3S. The highest BCUT2D eigenvalue weighted by Crippen LogP contribution is 2.46. The van der Waals surface area contributed by atoms with Crippen LogP contribution < -0.4 is 0 Å². The van der Waals surface area contributed by atoms with Crippen molar-refractivity contribution in [1.29, 1.82) is 0 Å². The van der Waals surface area contributed by atoms with Crippen LogP contribution in [0.3, 0.4) is 0 Å². The molecule has 1 aliphatic heterocycles. The van der Waals surface area contributed by atoms with Crippen LogP contribution in [0, 0.1) is 17.3 Å². The largest absolute Gasteiger partial charge is 0.480 e. The van der Waals surface area contributed by atoms with Crippen LogP contribution in [-0.2, 0) is 9.59 Å². The first-order valence-electron chi connectivity index (χ1n) is 7.42. The first kappa shape index (κ1) is 15.7. The molecule has 1 aliphatic carbocycles. The second kappa shape index (κ2) is 5.58. The molecule has 1 saturated carbocycles. The lowest BCUT2D eigenvalue weighted by molar-refractivity contribution is -0.153. The number of carbonyl (C=O) groups excluding carboxylic acids is 1. The summed E-state index contributed by atoms with van der Waals surface area (Å²) >= 11 is 1.61. The van der Waals surface area contributed by atoms with E-state index >= 15 is 0 Å². The second-order valence-electron chi connectivity index (χ2n) is 7.00. The van der Waals surface area contributed by atoms with Gasteiger partial charge in [0.05, 0.1) is 5.37 Å². The summed E-state index contributed by atoms with van der Waals surface area (Å²) in [6, 6.07) is -0.656. The molecule has 0 aromatic heterocycles. The summed E-state index contributed by atoms with van der Waals surface area (Å²) in [6.45, 7) is 8.38. The zero-order valence-corrected chi connectivity index (χ0v) is 13.6. The first-order valence-corrected chi connectivity index (χ1v) is 8.47. The number of thioether (sulfide) groups is 1. The highest BCUT2D eigenvalue weighted by atomic mass is 32.2. The van der Waals surface area contributed by atoms with Crippen LogP contribution in [0.5, 0.6) is 0 Å². The minimum atomic E-state index is -0.871. The van der Waals surface area contributed by atoms with Crippen molar-refractivity contribution in [2.75, 3.05) is 5.75 Å². The van der Waals surface area contributed by atoms with Gasteiger partial charge in [0.15, 0.2) is 0 Å². The van der Waals surface area contributed by atoms with E-state index in [1.165, 1.54) is 0 Å². The van der Waals surface area contributed by atoms with Crippen LogP contribution in [-0.4, -0.2) is 39.1 Å². The van der Waals surface area contributed by atoms with Crippen LogP contribution in [0.4, 0.5) is 0 Å². The van der Waals surface area contributed by atoms with Gasteiger partial charge in [-0.05, 0) is 24.2 Å². The molecule has 0 spiro atoms. The van der Waals surface area contributed by atoms with Gasteiger partial charge in [-0.1, -0.05) is 34.1 Å². The Morgan fingerprint density at radius 3 is 2.45 bits per heavy atom. The topological polar surface area (TPSA) is 57.6 Å². The second-order valence-corrected chi connectivity index (χ2v) is 8.15. The van der Waals surface area contributed by atoms with Crippen molar-refractivity contribution in [3.05, 3.63) is 0 Å². The summed E-state index contributed by atoms with van der Waals surface area (Å²) in [4.78, 5) is 26.1. The van der Waals surface area contributed by atoms with Gasteiger partial charge >= 0.3 is 5.97 Å². The number of hydrogen-bond acceptors (Lipinski definition) is 3. The summed E-state index contributed by atoms with van der Waals surface area (Å²) in [6.07, 6.45) is 3.01. The molecule has 0 aromatic carbocycles. The van der Waals surface area contributed by atoms with Gasteiger partial charge in [-0.2, -0.15) is 0 Å². The molecule has 2 aliphatic rings. The van der Waals surface area contributed by atoms with Gasteiger partial charge in [0.2, 0.25) is 5.91 Å². The predicted molar refractivity (Wildman–Crippen MR) is 80.5 cm³/mol. The number of aliphatic carboxylic acids is 1. The van der Waals surface area contributed by atoms with Crippen molar-refractivity contribution in [2.24, 2.45) is 17.3 Å². The van der Waals surface area contributed by atoms with E-state index in [0.29, 0.717) is 5.75 Å². The highest BCUT2D eigenvalue weighted by Gasteiger charge is 2.49. The molecule has 5 heteroatoms. The van der Waals surface area contributed by atoms with Gasteiger partial charge in [-0.15, -0.1) is 11.8 Å². The van der Waals surface area contributed by atoms with Crippen LogP contribution >= 0.6 is 11.8 Å². The lowest BCUT2D eigenvalue weighted by Gasteiger charge is -2.35. The quantitative estimate of drug-likeness (QED) is 0.870. The maximum atomic E-state index is 12.9. The minimum Gasteiger partial charge on any atom is -0.480 e. The molecule has 1 heterocycles. The molecule has 0 bridgehead atoms. The maximum Gasteiger partial charge on any atom is 0.327 e. The third-order valence-corrected chi connectivity index (χ3v) is 6.32. The number of nitrogens with zero attached hydrogens (tertiary/aromatic N) is 1. The molecule has 1 saturated heterocycles. The summed E-state index contributed by atoms with van der Waals surface area (Å²) in [5, 5.41) is 9.40. The molecule has 4 nitrogen and oxygen atoms in total. The molecule has 2 rings (SSSR count). The number of amides is 1. The number of carbonyl (C=O) groups is 2. The Morgan fingerprint density at radius 1 is 1.35 bits per heavy atom. The highest BCUT2D eigenvalue weighted by molar-refractivity contribution is 8.00. The van der Waals surface area contributed by atoms with Gasteiger partial charge in [0.25, 0.3) is 0 Å². The molecule has 2 fully saturated rings. The number of hydrogen-bond donors (Lipinski definition) is 1. The zero-order chi connectivity index (χ0) is 15.1. The van der Waals surface area contributed by atoms with E-state index in [1.54, 1.807) is 16.7 Å². The third kappa shape index (κ3) is 2.69. The normalized spacial score (nSPS) is 32.9. The van der Waals surface area contributed by atoms with Crippen molar-refractivity contribution >= 4 is 23.6 Å². The average Bonchev–Trinajstić information content (AvgIpc) is 2.90. The summed E-state index contributed by atoms with van der Waals surface area (Å²) in [5.74, 6) is -0.0487. The van der Waals surface area contributed by atoms with Gasteiger partial charge in [0, 0.05) is 11.7 Å².